The van der Waals surface area contributed by atoms with Crippen LogP contribution in [0.3, 0.4) is 0 Å². The van der Waals surface area contributed by atoms with Crippen LogP contribution in [-0.4, -0.2) is 48.5 Å². The Morgan fingerprint density at radius 2 is 2.21 bits per heavy atom. The molecule has 108 valence electrons. The van der Waals surface area contributed by atoms with Crippen LogP contribution < -0.4 is 10.2 Å². The third-order valence-electron chi connectivity index (χ3n) is 3.81. The lowest BCUT2D eigenvalue weighted by Gasteiger charge is -2.31. The summed E-state index contributed by atoms with van der Waals surface area (Å²) in [5.41, 5.74) is 0. The van der Waals surface area contributed by atoms with E-state index in [1.165, 1.54) is 12.8 Å². The van der Waals surface area contributed by atoms with Gasteiger partial charge >= 0.3 is 0 Å². The Kier molecular flexibility index (Phi) is 5.15. The van der Waals surface area contributed by atoms with E-state index < -0.39 is 0 Å². The molecule has 2 N–H and O–H groups in total. The Bertz CT molecular complexity index is 373. The number of methoxy groups -OCH3 is 1. The predicted molar refractivity (Wildman–Crippen MR) is 75.3 cm³/mol. The van der Waals surface area contributed by atoms with E-state index in [1.807, 2.05) is 6.92 Å². The summed E-state index contributed by atoms with van der Waals surface area (Å²) in [5.74, 6) is 2.39. The van der Waals surface area contributed by atoms with Gasteiger partial charge in [-0.1, -0.05) is 6.92 Å². The average molecular weight is 267 g/mol. The van der Waals surface area contributed by atoms with Crippen molar-refractivity contribution in [3.05, 3.63) is 5.82 Å². The molecule has 0 amide bonds. The molecular weight excluding hydrogens is 242 g/mol. The van der Waals surface area contributed by atoms with Gasteiger partial charge in [0.1, 0.15) is 6.10 Å². The van der Waals surface area contributed by atoms with Crippen molar-refractivity contribution < 1.29 is 4.74 Å². The molecule has 1 unspecified atom stereocenters. The van der Waals surface area contributed by atoms with Crippen molar-refractivity contribution in [1.29, 1.82) is 0 Å². The second-order valence-corrected chi connectivity index (χ2v) is 5.14. The van der Waals surface area contributed by atoms with Crippen molar-refractivity contribution >= 4 is 5.95 Å². The highest BCUT2D eigenvalue weighted by atomic mass is 16.5. The van der Waals surface area contributed by atoms with Gasteiger partial charge in [0.25, 0.3) is 0 Å². The number of hydrogen-bond donors (Lipinski definition) is 2. The molecule has 1 aromatic rings. The molecule has 6 nitrogen and oxygen atoms in total. The summed E-state index contributed by atoms with van der Waals surface area (Å²) in [4.78, 5) is 6.77. The van der Waals surface area contributed by atoms with Crippen LogP contribution >= 0.6 is 0 Å². The van der Waals surface area contributed by atoms with E-state index in [-0.39, 0.29) is 6.10 Å². The summed E-state index contributed by atoms with van der Waals surface area (Å²) in [6, 6.07) is 0. The van der Waals surface area contributed by atoms with Gasteiger partial charge in [-0.25, -0.2) is 0 Å². The van der Waals surface area contributed by atoms with Gasteiger partial charge in [0, 0.05) is 20.2 Å². The van der Waals surface area contributed by atoms with Crippen LogP contribution in [-0.2, 0) is 4.74 Å². The van der Waals surface area contributed by atoms with Gasteiger partial charge in [-0.05, 0) is 38.8 Å². The van der Waals surface area contributed by atoms with Crippen molar-refractivity contribution in [3.8, 4) is 0 Å². The van der Waals surface area contributed by atoms with Crippen LogP contribution in [0.2, 0.25) is 0 Å². The van der Waals surface area contributed by atoms with Crippen LogP contribution in [0.1, 0.15) is 38.6 Å². The number of aromatic amines is 1. The number of ether oxygens (including phenoxy) is 1. The molecule has 0 saturated carbocycles. The number of piperidine rings is 1. The van der Waals surface area contributed by atoms with Crippen molar-refractivity contribution in [3.63, 3.8) is 0 Å². The minimum atomic E-state index is -0.0347. The van der Waals surface area contributed by atoms with Crippen molar-refractivity contribution in [2.75, 3.05) is 38.2 Å². The molecule has 2 heterocycles. The van der Waals surface area contributed by atoms with E-state index in [1.54, 1.807) is 7.11 Å². The lowest BCUT2D eigenvalue weighted by Crippen LogP contribution is -2.37. The van der Waals surface area contributed by atoms with Crippen LogP contribution in [0.4, 0.5) is 5.95 Å². The largest absolute Gasteiger partial charge is 0.374 e. The van der Waals surface area contributed by atoms with E-state index in [9.17, 15) is 0 Å². The number of anilines is 1. The minimum absolute atomic E-state index is 0.0347. The van der Waals surface area contributed by atoms with Crippen molar-refractivity contribution in [1.82, 2.24) is 20.5 Å². The SMILES string of the molecule is CCNCC1CCN(c2n[nH]c(C(C)OC)n2)CC1. The quantitative estimate of drug-likeness (QED) is 0.814. The Labute approximate surface area is 114 Å². The maximum absolute atomic E-state index is 5.24. The smallest absolute Gasteiger partial charge is 0.244 e. The van der Waals surface area contributed by atoms with Crippen molar-refractivity contribution in [2.24, 2.45) is 5.92 Å². The zero-order valence-electron chi connectivity index (χ0n) is 12.1. The molecule has 0 spiro atoms. The molecule has 1 aliphatic rings. The third-order valence-corrected chi connectivity index (χ3v) is 3.81. The van der Waals surface area contributed by atoms with E-state index in [0.29, 0.717) is 0 Å². The number of rotatable bonds is 6. The number of hydrogen-bond acceptors (Lipinski definition) is 5. The number of nitrogens with zero attached hydrogens (tertiary/aromatic N) is 3. The van der Waals surface area contributed by atoms with Crippen molar-refractivity contribution in [2.45, 2.75) is 32.8 Å². The first-order valence-corrected chi connectivity index (χ1v) is 7.15. The first-order chi connectivity index (χ1) is 9.24. The second-order valence-electron chi connectivity index (χ2n) is 5.14. The minimum Gasteiger partial charge on any atom is -0.374 e. The summed E-state index contributed by atoms with van der Waals surface area (Å²) < 4.78 is 5.24. The highest BCUT2D eigenvalue weighted by molar-refractivity contribution is 5.29. The predicted octanol–water partition coefficient (Wildman–Crippen LogP) is 1.34. The molecule has 2 rings (SSSR count). The Morgan fingerprint density at radius 1 is 1.47 bits per heavy atom. The fourth-order valence-corrected chi connectivity index (χ4v) is 2.39. The zero-order chi connectivity index (χ0) is 13.7. The van der Waals surface area contributed by atoms with E-state index in [0.717, 1.165) is 43.9 Å². The number of aromatic nitrogens is 3. The monoisotopic (exact) mass is 267 g/mol. The zero-order valence-corrected chi connectivity index (χ0v) is 12.1. The molecular formula is C13H25N5O. The lowest BCUT2D eigenvalue weighted by atomic mass is 9.97. The lowest BCUT2D eigenvalue weighted by molar-refractivity contribution is 0.112. The number of H-pyrrole nitrogens is 1. The molecule has 0 aliphatic carbocycles. The van der Waals surface area contributed by atoms with Gasteiger partial charge in [-0.2, -0.15) is 4.98 Å². The summed E-state index contributed by atoms with van der Waals surface area (Å²) in [7, 11) is 1.68. The second kappa shape index (κ2) is 6.86. The van der Waals surface area contributed by atoms with Gasteiger partial charge in [-0.15, -0.1) is 5.10 Å². The van der Waals surface area contributed by atoms with E-state index in [4.69, 9.17) is 4.74 Å². The fourth-order valence-electron chi connectivity index (χ4n) is 2.39. The summed E-state index contributed by atoms with van der Waals surface area (Å²) >= 11 is 0. The van der Waals surface area contributed by atoms with Gasteiger partial charge in [-0.3, -0.25) is 5.10 Å². The van der Waals surface area contributed by atoms with Crippen LogP contribution in [0, 0.1) is 5.92 Å². The van der Waals surface area contributed by atoms with Gasteiger partial charge in [0.15, 0.2) is 5.82 Å². The highest BCUT2D eigenvalue weighted by Gasteiger charge is 2.22. The summed E-state index contributed by atoms with van der Waals surface area (Å²) in [6.07, 6.45) is 2.38. The number of nitrogens with one attached hydrogen (secondary N) is 2. The molecule has 1 aliphatic heterocycles. The van der Waals surface area contributed by atoms with E-state index in [2.05, 4.69) is 32.3 Å². The Hall–Kier alpha value is -1.14. The molecule has 1 aromatic heterocycles. The molecule has 1 fully saturated rings. The summed E-state index contributed by atoms with van der Waals surface area (Å²) in [5, 5.41) is 10.7. The molecule has 0 bridgehead atoms. The topological polar surface area (TPSA) is 66.1 Å². The first-order valence-electron chi connectivity index (χ1n) is 7.15. The molecule has 1 saturated heterocycles. The van der Waals surface area contributed by atoms with Gasteiger partial charge < -0.3 is 15.0 Å². The highest BCUT2D eigenvalue weighted by Crippen LogP contribution is 2.21. The first kappa shape index (κ1) is 14.3. The summed E-state index contributed by atoms with van der Waals surface area (Å²) in [6.45, 7) is 8.38. The molecule has 0 aromatic carbocycles. The fraction of sp³-hybridized carbons (Fsp3) is 0.846. The van der Waals surface area contributed by atoms with Gasteiger partial charge in [0.05, 0.1) is 0 Å². The Balaban J connectivity index is 1.85. The maximum atomic E-state index is 5.24. The standard InChI is InChI=1S/C13H25N5O/c1-4-14-9-11-5-7-18(8-6-11)13-15-12(16-17-13)10(2)19-3/h10-11,14H,4-9H2,1-3H3,(H,15,16,17). The molecule has 6 heteroatoms. The van der Waals surface area contributed by atoms with Crippen LogP contribution in [0.25, 0.3) is 0 Å². The molecule has 1 atom stereocenters. The maximum Gasteiger partial charge on any atom is 0.244 e. The van der Waals surface area contributed by atoms with Crippen LogP contribution in [0.5, 0.6) is 0 Å². The third kappa shape index (κ3) is 3.67. The van der Waals surface area contributed by atoms with Crippen LogP contribution in [0.15, 0.2) is 0 Å². The molecule has 19 heavy (non-hydrogen) atoms. The molecule has 0 radical (unpaired) electrons. The van der Waals surface area contributed by atoms with E-state index >= 15 is 0 Å². The normalized spacial score (nSPS) is 18.8. The van der Waals surface area contributed by atoms with Gasteiger partial charge in [0.2, 0.25) is 5.95 Å². The Morgan fingerprint density at radius 3 is 2.84 bits per heavy atom. The average Bonchev–Trinajstić information content (AvgIpc) is 2.94.